The fourth-order valence-electron chi connectivity index (χ4n) is 2.85. The fraction of sp³-hybridized carbons (Fsp3) is 0.625. The molecule has 1 aliphatic rings. The Morgan fingerprint density at radius 1 is 1.12 bits per heavy atom. The number of ether oxygens (including phenoxy) is 1. The average molecular weight is 331 g/mol. The van der Waals surface area contributed by atoms with Gasteiger partial charge in [0.2, 0.25) is 11.9 Å². The van der Waals surface area contributed by atoms with Crippen LogP contribution in [-0.4, -0.2) is 44.9 Å². The molecule has 24 heavy (non-hydrogen) atoms. The van der Waals surface area contributed by atoms with Crippen LogP contribution in [0.15, 0.2) is 12.4 Å². The van der Waals surface area contributed by atoms with Gasteiger partial charge in [-0.05, 0) is 19.8 Å². The van der Waals surface area contributed by atoms with Gasteiger partial charge in [0.15, 0.2) is 0 Å². The number of rotatable bonds is 5. The number of aryl methyl sites for hydroxylation is 1. The van der Waals surface area contributed by atoms with Crippen molar-refractivity contribution in [2.75, 3.05) is 30.4 Å². The quantitative estimate of drug-likeness (QED) is 0.899. The van der Waals surface area contributed by atoms with E-state index in [0.717, 1.165) is 18.7 Å². The molecule has 1 N–H and O–H groups in total. The summed E-state index contributed by atoms with van der Waals surface area (Å²) >= 11 is 0. The van der Waals surface area contributed by atoms with Gasteiger partial charge in [-0.15, -0.1) is 0 Å². The summed E-state index contributed by atoms with van der Waals surface area (Å²) in [5.74, 6) is 1.21. The maximum Gasteiger partial charge on any atom is 0.322 e. The molecule has 0 amide bonds. The van der Waals surface area contributed by atoms with Gasteiger partial charge in [0.05, 0.1) is 19.3 Å². The predicted molar refractivity (Wildman–Crippen MR) is 92.3 cm³/mol. The maximum absolute atomic E-state index is 5.26. The minimum absolute atomic E-state index is 0.0442. The highest BCUT2D eigenvalue weighted by atomic mass is 16.5. The Morgan fingerprint density at radius 3 is 2.50 bits per heavy atom. The maximum atomic E-state index is 5.26. The predicted octanol–water partition coefficient (Wildman–Crippen LogP) is 2.17. The van der Waals surface area contributed by atoms with Crippen LogP contribution in [0.25, 0.3) is 0 Å². The highest BCUT2D eigenvalue weighted by molar-refractivity contribution is 5.40. The van der Waals surface area contributed by atoms with Crippen LogP contribution in [0.4, 0.5) is 11.9 Å². The standard InChI is InChI=1S/C16H25N7O/c1-12(13-10-17-22(2)11-13)18-14-19-15(21-16(20-14)24-3)23-8-6-4-5-7-9-23/h10-12H,4-9H2,1-3H3,(H,18,19,20,21)/t12-/m0/s1. The number of aromatic nitrogens is 5. The van der Waals surface area contributed by atoms with Gasteiger partial charge in [0.1, 0.15) is 0 Å². The SMILES string of the molecule is COc1nc(N[C@@H](C)c2cnn(C)c2)nc(N2CCCCCC2)n1. The van der Waals surface area contributed by atoms with E-state index in [9.17, 15) is 0 Å². The van der Waals surface area contributed by atoms with E-state index in [-0.39, 0.29) is 6.04 Å². The van der Waals surface area contributed by atoms with Crippen molar-refractivity contribution in [1.29, 1.82) is 0 Å². The molecule has 8 nitrogen and oxygen atoms in total. The van der Waals surface area contributed by atoms with Crippen molar-refractivity contribution in [3.8, 4) is 6.01 Å². The highest BCUT2D eigenvalue weighted by Gasteiger charge is 2.17. The van der Waals surface area contributed by atoms with Crippen LogP contribution in [0.5, 0.6) is 6.01 Å². The molecule has 0 aliphatic carbocycles. The zero-order valence-corrected chi connectivity index (χ0v) is 14.6. The van der Waals surface area contributed by atoms with Crippen LogP contribution in [0.1, 0.15) is 44.2 Å². The summed E-state index contributed by atoms with van der Waals surface area (Å²) in [6.07, 6.45) is 8.69. The number of hydrogen-bond acceptors (Lipinski definition) is 7. The third-order valence-electron chi connectivity index (χ3n) is 4.25. The molecule has 1 atom stereocenters. The van der Waals surface area contributed by atoms with E-state index in [2.05, 4.69) is 37.2 Å². The topological polar surface area (TPSA) is 81.0 Å². The molecule has 0 radical (unpaired) electrons. The molecule has 130 valence electrons. The van der Waals surface area contributed by atoms with E-state index >= 15 is 0 Å². The molecule has 1 aliphatic heterocycles. The average Bonchev–Trinajstić information content (AvgIpc) is 2.85. The molecule has 2 aromatic heterocycles. The molecule has 0 aromatic carbocycles. The molecule has 1 saturated heterocycles. The van der Waals surface area contributed by atoms with Gasteiger partial charge in [0.25, 0.3) is 0 Å². The van der Waals surface area contributed by atoms with Crippen LogP contribution >= 0.6 is 0 Å². The van der Waals surface area contributed by atoms with Gasteiger partial charge in [0, 0.05) is 31.9 Å². The van der Waals surface area contributed by atoms with Crippen LogP contribution in [-0.2, 0) is 7.05 Å². The number of anilines is 2. The Hall–Kier alpha value is -2.38. The summed E-state index contributed by atoms with van der Waals surface area (Å²) in [5, 5.41) is 7.52. The van der Waals surface area contributed by atoms with Gasteiger partial charge < -0.3 is 15.0 Å². The molecular formula is C16H25N7O. The molecule has 2 aromatic rings. The Labute approximate surface area is 142 Å². The Kier molecular flexibility index (Phi) is 5.12. The first-order chi connectivity index (χ1) is 11.7. The molecule has 0 bridgehead atoms. The Morgan fingerprint density at radius 2 is 1.88 bits per heavy atom. The summed E-state index contributed by atoms with van der Waals surface area (Å²) in [6.45, 7) is 4.01. The van der Waals surface area contributed by atoms with Gasteiger partial charge >= 0.3 is 6.01 Å². The molecule has 3 rings (SSSR count). The minimum atomic E-state index is 0.0442. The third kappa shape index (κ3) is 3.93. The molecule has 3 heterocycles. The van der Waals surface area contributed by atoms with Crippen molar-refractivity contribution in [3.05, 3.63) is 18.0 Å². The second-order valence-corrected chi connectivity index (χ2v) is 6.16. The Bertz CT molecular complexity index is 664. The lowest BCUT2D eigenvalue weighted by Gasteiger charge is -2.21. The molecule has 8 heteroatoms. The fourth-order valence-corrected chi connectivity index (χ4v) is 2.85. The first kappa shape index (κ1) is 16.5. The van der Waals surface area contributed by atoms with Gasteiger partial charge in [-0.3, -0.25) is 4.68 Å². The van der Waals surface area contributed by atoms with Gasteiger partial charge in [-0.25, -0.2) is 0 Å². The summed E-state index contributed by atoms with van der Waals surface area (Å²) < 4.78 is 7.05. The third-order valence-corrected chi connectivity index (χ3v) is 4.25. The van der Waals surface area contributed by atoms with E-state index < -0.39 is 0 Å². The van der Waals surface area contributed by atoms with Crippen molar-refractivity contribution < 1.29 is 4.74 Å². The normalized spacial score (nSPS) is 16.5. The van der Waals surface area contributed by atoms with E-state index in [4.69, 9.17) is 4.74 Å². The van der Waals surface area contributed by atoms with Crippen molar-refractivity contribution in [2.24, 2.45) is 7.05 Å². The number of nitrogens with zero attached hydrogens (tertiary/aromatic N) is 6. The molecule has 0 unspecified atom stereocenters. The van der Waals surface area contributed by atoms with Crippen LogP contribution < -0.4 is 15.0 Å². The molecule has 0 saturated carbocycles. The van der Waals surface area contributed by atoms with Crippen molar-refractivity contribution >= 4 is 11.9 Å². The first-order valence-electron chi connectivity index (χ1n) is 8.46. The van der Waals surface area contributed by atoms with Crippen LogP contribution in [0, 0.1) is 0 Å². The monoisotopic (exact) mass is 331 g/mol. The van der Waals surface area contributed by atoms with E-state index in [1.54, 1.807) is 11.8 Å². The van der Waals surface area contributed by atoms with Crippen molar-refractivity contribution in [3.63, 3.8) is 0 Å². The lowest BCUT2D eigenvalue weighted by atomic mass is 10.2. The first-order valence-corrected chi connectivity index (χ1v) is 8.46. The Balaban J connectivity index is 1.80. The molecular weight excluding hydrogens is 306 g/mol. The molecule has 0 spiro atoms. The van der Waals surface area contributed by atoms with Crippen molar-refractivity contribution in [2.45, 2.75) is 38.6 Å². The van der Waals surface area contributed by atoms with E-state index in [1.807, 2.05) is 19.4 Å². The summed E-state index contributed by atoms with van der Waals surface area (Å²) in [7, 11) is 3.48. The molecule has 1 fully saturated rings. The van der Waals surface area contributed by atoms with Crippen LogP contribution in [0.2, 0.25) is 0 Å². The largest absolute Gasteiger partial charge is 0.467 e. The van der Waals surface area contributed by atoms with Gasteiger partial charge in [-0.2, -0.15) is 20.1 Å². The smallest absolute Gasteiger partial charge is 0.322 e. The highest BCUT2D eigenvalue weighted by Crippen LogP contribution is 2.21. The lowest BCUT2D eigenvalue weighted by Crippen LogP contribution is -2.27. The number of methoxy groups -OCH3 is 1. The number of nitrogens with one attached hydrogen (secondary N) is 1. The van der Waals surface area contributed by atoms with E-state index in [0.29, 0.717) is 17.9 Å². The summed E-state index contributed by atoms with van der Waals surface area (Å²) in [6, 6.07) is 0.382. The van der Waals surface area contributed by atoms with E-state index in [1.165, 1.54) is 25.7 Å². The number of hydrogen-bond donors (Lipinski definition) is 1. The van der Waals surface area contributed by atoms with Gasteiger partial charge in [-0.1, -0.05) is 12.8 Å². The second-order valence-electron chi connectivity index (χ2n) is 6.16. The minimum Gasteiger partial charge on any atom is -0.467 e. The second kappa shape index (κ2) is 7.46. The summed E-state index contributed by atoms with van der Waals surface area (Å²) in [4.78, 5) is 15.6. The zero-order chi connectivity index (χ0) is 16.9. The van der Waals surface area contributed by atoms with Crippen LogP contribution in [0.3, 0.4) is 0 Å². The lowest BCUT2D eigenvalue weighted by molar-refractivity contribution is 0.378. The summed E-state index contributed by atoms with van der Waals surface area (Å²) in [5.41, 5.74) is 1.08. The zero-order valence-electron chi connectivity index (χ0n) is 14.6. The van der Waals surface area contributed by atoms with Crippen molar-refractivity contribution in [1.82, 2.24) is 24.7 Å².